The molecule has 0 saturated carbocycles. The maximum Gasteiger partial charge on any atom is 0.211 e. The molecule has 0 aliphatic carbocycles. The topological polar surface area (TPSA) is 168 Å². The van der Waals surface area contributed by atoms with Crippen LogP contribution in [0.25, 0.3) is 0 Å². The number of hydrogen-bond donors (Lipinski definition) is 7. The second kappa shape index (κ2) is 12.5. The zero-order chi connectivity index (χ0) is 21.3. The normalized spacial score (nSPS) is 25.1. The van der Waals surface area contributed by atoms with E-state index in [4.69, 9.17) is 0 Å². The molecule has 1 heterocycles. The highest BCUT2D eigenvalue weighted by molar-refractivity contribution is 7.57. The Balaban J connectivity index is 3.04. The second-order valence-electron chi connectivity index (χ2n) is 7.38. The van der Waals surface area contributed by atoms with Gasteiger partial charge in [-0.25, -0.2) is 0 Å². The molecule has 28 heavy (non-hydrogen) atoms. The van der Waals surface area contributed by atoms with Gasteiger partial charge in [-0.2, -0.15) is 0 Å². The summed E-state index contributed by atoms with van der Waals surface area (Å²) in [7, 11) is -3.32. The van der Waals surface area contributed by atoms with E-state index in [9.17, 15) is 40.1 Å². The summed E-state index contributed by atoms with van der Waals surface area (Å²) in [5.74, 6) is 0. The molecule has 0 aromatic heterocycles. The summed E-state index contributed by atoms with van der Waals surface area (Å²) in [4.78, 5) is 15.1. The van der Waals surface area contributed by atoms with Crippen molar-refractivity contribution < 1.29 is 40.1 Å². The van der Waals surface area contributed by atoms with E-state index in [-0.39, 0.29) is 19.5 Å². The van der Waals surface area contributed by atoms with E-state index in [2.05, 4.69) is 0 Å². The van der Waals surface area contributed by atoms with Crippen LogP contribution in [-0.2, 0) is 4.57 Å². The van der Waals surface area contributed by atoms with Gasteiger partial charge in [-0.1, -0.05) is 0 Å². The molecule has 0 aromatic carbocycles. The Morgan fingerprint density at radius 1 is 0.750 bits per heavy atom. The van der Waals surface area contributed by atoms with Crippen molar-refractivity contribution in [2.75, 3.05) is 78.6 Å². The van der Waals surface area contributed by atoms with E-state index < -0.39 is 44.9 Å². The lowest BCUT2D eigenvalue weighted by atomic mass is 10.1. The number of aliphatic hydroxyl groups excluding tert-OH is 6. The summed E-state index contributed by atoms with van der Waals surface area (Å²) in [6.45, 7) is 1.82. The zero-order valence-corrected chi connectivity index (χ0v) is 17.3. The van der Waals surface area contributed by atoms with Gasteiger partial charge in [-0.3, -0.25) is 19.3 Å². The molecular formula is C16H36N3O8P. The van der Waals surface area contributed by atoms with Crippen molar-refractivity contribution in [2.45, 2.75) is 24.3 Å². The zero-order valence-electron chi connectivity index (χ0n) is 16.4. The van der Waals surface area contributed by atoms with Gasteiger partial charge in [0.25, 0.3) is 0 Å². The predicted molar refractivity (Wildman–Crippen MR) is 103 cm³/mol. The SMILES string of the molecule is CP(=O)(O)CN1CCN([C@H](CO)[C@H](O)CO)CCN([C@H](CO)[C@H](O)CO)CC1. The third kappa shape index (κ3) is 8.29. The molecule has 168 valence electrons. The number of aliphatic hydroxyl groups is 6. The van der Waals surface area contributed by atoms with Gasteiger partial charge in [0.05, 0.1) is 57.0 Å². The molecule has 1 unspecified atom stereocenters. The lowest BCUT2D eigenvalue weighted by Gasteiger charge is -2.36. The molecule has 1 aliphatic heterocycles. The molecule has 1 fully saturated rings. The average molecular weight is 429 g/mol. The molecule has 1 rings (SSSR count). The van der Waals surface area contributed by atoms with Gasteiger partial charge in [0.15, 0.2) is 0 Å². The van der Waals surface area contributed by atoms with E-state index in [1.807, 2.05) is 0 Å². The number of rotatable bonds is 10. The Morgan fingerprint density at radius 3 is 1.39 bits per heavy atom. The van der Waals surface area contributed by atoms with Crippen LogP contribution < -0.4 is 0 Å². The van der Waals surface area contributed by atoms with Crippen molar-refractivity contribution in [1.29, 1.82) is 0 Å². The Labute approximate surface area is 165 Å². The summed E-state index contributed by atoms with van der Waals surface area (Å²) in [6.07, 6.45) is -2.34. The molecule has 1 aliphatic rings. The highest BCUT2D eigenvalue weighted by Gasteiger charge is 2.31. The standard InChI is InChI=1S/C16H36N3O8P/c1-28(26,27)12-17-2-4-18(13(8-20)15(24)10-22)6-7-19(5-3-17)14(9-21)16(25)11-23/h13-16,20-25H,2-12H2,1H3,(H,26,27)/t13-,14-,15-,16-/m1/s1. The minimum absolute atomic E-state index is 0.0344. The first-order valence-electron chi connectivity index (χ1n) is 9.46. The quantitative estimate of drug-likeness (QED) is 0.170. The Bertz CT molecular complexity index is 453. The summed E-state index contributed by atoms with van der Waals surface area (Å²) < 4.78 is 11.9. The molecular weight excluding hydrogens is 393 g/mol. The molecule has 7 N–H and O–H groups in total. The van der Waals surface area contributed by atoms with Gasteiger partial charge in [0.1, 0.15) is 0 Å². The van der Waals surface area contributed by atoms with E-state index in [1.54, 1.807) is 14.7 Å². The van der Waals surface area contributed by atoms with Crippen LogP contribution in [0, 0.1) is 0 Å². The van der Waals surface area contributed by atoms with E-state index >= 15 is 0 Å². The van der Waals surface area contributed by atoms with E-state index in [0.717, 1.165) is 0 Å². The van der Waals surface area contributed by atoms with Gasteiger partial charge in [-0.15, -0.1) is 0 Å². The van der Waals surface area contributed by atoms with Gasteiger partial charge < -0.3 is 35.5 Å². The van der Waals surface area contributed by atoms with Crippen LogP contribution in [0.1, 0.15) is 0 Å². The third-order valence-corrected chi connectivity index (χ3v) is 6.04. The Morgan fingerprint density at radius 2 is 1.11 bits per heavy atom. The van der Waals surface area contributed by atoms with Gasteiger partial charge in [0.2, 0.25) is 7.37 Å². The Kier molecular flexibility index (Phi) is 11.6. The van der Waals surface area contributed by atoms with Crippen LogP contribution in [0.15, 0.2) is 0 Å². The van der Waals surface area contributed by atoms with E-state index in [1.165, 1.54) is 6.66 Å². The molecule has 0 spiro atoms. The molecule has 11 nitrogen and oxygen atoms in total. The van der Waals surface area contributed by atoms with Crippen molar-refractivity contribution in [3.05, 3.63) is 0 Å². The molecule has 12 heteroatoms. The van der Waals surface area contributed by atoms with Crippen molar-refractivity contribution >= 4 is 7.37 Å². The highest BCUT2D eigenvalue weighted by Crippen LogP contribution is 2.35. The van der Waals surface area contributed by atoms with Crippen LogP contribution in [0.3, 0.4) is 0 Å². The van der Waals surface area contributed by atoms with Crippen LogP contribution in [-0.4, -0.2) is 153 Å². The summed E-state index contributed by atoms with van der Waals surface area (Å²) in [5.41, 5.74) is 0. The van der Waals surface area contributed by atoms with Crippen LogP contribution >= 0.6 is 7.37 Å². The summed E-state index contributed by atoms with van der Waals surface area (Å²) >= 11 is 0. The summed E-state index contributed by atoms with van der Waals surface area (Å²) in [5, 5.41) is 57.9. The molecule has 0 aromatic rings. The van der Waals surface area contributed by atoms with Gasteiger partial charge in [0, 0.05) is 45.9 Å². The fraction of sp³-hybridized carbons (Fsp3) is 1.00. The minimum Gasteiger partial charge on any atom is -0.395 e. The minimum atomic E-state index is -3.32. The largest absolute Gasteiger partial charge is 0.395 e. The molecule has 0 radical (unpaired) electrons. The summed E-state index contributed by atoms with van der Waals surface area (Å²) in [6, 6.07) is -1.44. The smallest absolute Gasteiger partial charge is 0.211 e. The first-order valence-corrected chi connectivity index (χ1v) is 11.7. The van der Waals surface area contributed by atoms with Gasteiger partial charge >= 0.3 is 0 Å². The molecule has 0 amide bonds. The predicted octanol–water partition coefficient (Wildman–Crippen LogP) is -3.81. The molecule has 1 saturated heterocycles. The first kappa shape index (κ1) is 25.9. The maximum atomic E-state index is 11.9. The van der Waals surface area contributed by atoms with Crippen LogP contribution in [0.5, 0.6) is 0 Å². The van der Waals surface area contributed by atoms with Crippen molar-refractivity contribution in [3.8, 4) is 0 Å². The number of nitrogens with zero attached hydrogens (tertiary/aromatic N) is 3. The maximum absolute atomic E-state index is 11.9. The third-order valence-electron chi connectivity index (χ3n) is 5.12. The van der Waals surface area contributed by atoms with Crippen LogP contribution in [0.4, 0.5) is 0 Å². The monoisotopic (exact) mass is 429 g/mol. The lowest BCUT2D eigenvalue weighted by molar-refractivity contribution is -0.0301. The average Bonchev–Trinajstić information content (AvgIpc) is 2.73. The second-order valence-corrected chi connectivity index (χ2v) is 9.77. The number of hydrogen-bond acceptors (Lipinski definition) is 10. The van der Waals surface area contributed by atoms with E-state index in [0.29, 0.717) is 39.3 Å². The molecule has 0 bridgehead atoms. The first-order chi connectivity index (χ1) is 13.2. The van der Waals surface area contributed by atoms with Crippen molar-refractivity contribution in [3.63, 3.8) is 0 Å². The highest BCUT2D eigenvalue weighted by atomic mass is 31.2. The Hall–Kier alpha value is -0.170. The fourth-order valence-corrected chi connectivity index (χ4v) is 4.54. The lowest BCUT2D eigenvalue weighted by Crippen LogP contribution is -2.53. The van der Waals surface area contributed by atoms with Crippen molar-refractivity contribution in [1.82, 2.24) is 14.7 Å². The van der Waals surface area contributed by atoms with Crippen molar-refractivity contribution in [2.24, 2.45) is 0 Å². The van der Waals surface area contributed by atoms with Gasteiger partial charge in [-0.05, 0) is 0 Å². The molecule has 5 atom stereocenters. The van der Waals surface area contributed by atoms with Crippen LogP contribution in [0.2, 0.25) is 0 Å². The fourth-order valence-electron chi connectivity index (χ4n) is 3.51.